The maximum atomic E-state index is 12.6. The summed E-state index contributed by atoms with van der Waals surface area (Å²) in [6.45, 7) is 2.02. The molecule has 1 aromatic carbocycles. The van der Waals surface area contributed by atoms with Crippen molar-refractivity contribution in [1.82, 2.24) is 0 Å². The zero-order chi connectivity index (χ0) is 12.3. The Balaban J connectivity index is 2.20. The van der Waals surface area contributed by atoms with Crippen LogP contribution in [0.1, 0.15) is 44.1 Å². The van der Waals surface area contributed by atoms with E-state index in [9.17, 15) is 4.21 Å². The van der Waals surface area contributed by atoms with Gasteiger partial charge >= 0.3 is 0 Å². The standard InChI is InChI=1S/C14H21NOS/c1-11-8-9-13(15)14(10-11)17(16)12-6-4-2-3-5-7-12/h8-10,12H,2-7,15H2,1H3. The lowest BCUT2D eigenvalue weighted by molar-refractivity contribution is 0.642. The lowest BCUT2D eigenvalue weighted by Crippen LogP contribution is -2.15. The zero-order valence-corrected chi connectivity index (χ0v) is 11.3. The van der Waals surface area contributed by atoms with E-state index in [0.29, 0.717) is 10.9 Å². The maximum Gasteiger partial charge on any atom is 0.0622 e. The van der Waals surface area contributed by atoms with Gasteiger partial charge in [0.05, 0.1) is 15.7 Å². The Labute approximate surface area is 106 Å². The molecule has 3 heteroatoms. The first kappa shape index (κ1) is 12.6. The van der Waals surface area contributed by atoms with Crippen molar-refractivity contribution in [2.24, 2.45) is 0 Å². The zero-order valence-electron chi connectivity index (χ0n) is 10.4. The Morgan fingerprint density at radius 1 is 1.18 bits per heavy atom. The average molecular weight is 251 g/mol. The lowest BCUT2D eigenvalue weighted by Gasteiger charge is -2.15. The van der Waals surface area contributed by atoms with Gasteiger partial charge in [-0.15, -0.1) is 0 Å². The van der Waals surface area contributed by atoms with E-state index >= 15 is 0 Å². The summed E-state index contributed by atoms with van der Waals surface area (Å²) in [4.78, 5) is 0.844. The van der Waals surface area contributed by atoms with E-state index in [1.165, 1.54) is 25.7 Å². The van der Waals surface area contributed by atoms with Gasteiger partial charge in [-0.1, -0.05) is 31.7 Å². The van der Waals surface area contributed by atoms with E-state index < -0.39 is 10.8 Å². The Bertz CT molecular complexity index is 409. The molecule has 2 rings (SSSR count). The molecule has 0 spiro atoms. The number of hydrogen-bond donors (Lipinski definition) is 1. The van der Waals surface area contributed by atoms with Crippen LogP contribution in [0.5, 0.6) is 0 Å². The molecule has 0 bridgehead atoms. The Morgan fingerprint density at radius 3 is 2.47 bits per heavy atom. The van der Waals surface area contributed by atoms with Gasteiger partial charge in [0.25, 0.3) is 0 Å². The van der Waals surface area contributed by atoms with Crippen molar-refractivity contribution in [3.05, 3.63) is 23.8 Å². The van der Waals surface area contributed by atoms with Crippen LogP contribution in [0.25, 0.3) is 0 Å². The molecular weight excluding hydrogens is 230 g/mol. The molecule has 0 aromatic heterocycles. The van der Waals surface area contributed by atoms with Crippen LogP contribution in [0, 0.1) is 6.92 Å². The molecule has 1 aliphatic carbocycles. The molecule has 2 nitrogen and oxygen atoms in total. The second-order valence-electron chi connectivity index (χ2n) is 4.95. The van der Waals surface area contributed by atoms with Crippen molar-refractivity contribution >= 4 is 16.5 Å². The van der Waals surface area contributed by atoms with Crippen molar-refractivity contribution in [3.8, 4) is 0 Å². The van der Waals surface area contributed by atoms with Crippen LogP contribution in [0.3, 0.4) is 0 Å². The van der Waals surface area contributed by atoms with Crippen molar-refractivity contribution in [3.63, 3.8) is 0 Å². The third-order valence-electron chi connectivity index (χ3n) is 3.49. The first-order valence-electron chi connectivity index (χ1n) is 6.45. The van der Waals surface area contributed by atoms with E-state index in [0.717, 1.165) is 23.3 Å². The third-order valence-corrected chi connectivity index (χ3v) is 5.35. The predicted molar refractivity (Wildman–Crippen MR) is 73.5 cm³/mol. The van der Waals surface area contributed by atoms with Crippen molar-refractivity contribution < 1.29 is 4.21 Å². The molecule has 0 aliphatic heterocycles. The first-order valence-corrected chi connectivity index (χ1v) is 7.66. The van der Waals surface area contributed by atoms with E-state index in [-0.39, 0.29) is 0 Å². The minimum atomic E-state index is -0.928. The molecule has 1 aliphatic rings. The maximum absolute atomic E-state index is 12.6. The number of nitrogens with two attached hydrogens (primary N) is 1. The van der Waals surface area contributed by atoms with Crippen molar-refractivity contribution in [2.75, 3.05) is 5.73 Å². The average Bonchev–Trinajstić information content (AvgIpc) is 2.60. The van der Waals surface area contributed by atoms with Crippen LogP contribution in [-0.4, -0.2) is 9.46 Å². The fourth-order valence-electron chi connectivity index (χ4n) is 2.45. The van der Waals surface area contributed by atoms with Crippen LogP contribution >= 0.6 is 0 Å². The molecule has 1 atom stereocenters. The van der Waals surface area contributed by atoms with Gasteiger partial charge in [-0.05, 0) is 37.5 Å². The molecule has 1 saturated carbocycles. The fourth-order valence-corrected chi connectivity index (χ4v) is 4.17. The summed E-state index contributed by atoms with van der Waals surface area (Å²) in [6.07, 6.45) is 7.16. The van der Waals surface area contributed by atoms with Gasteiger partial charge in [0.1, 0.15) is 0 Å². The molecule has 1 aromatic rings. The van der Waals surface area contributed by atoms with Crippen LogP contribution in [0.15, 0.2) is 23.1 Å². The lowest BCUT2D eigenvalue weighted by atomic mass is 10.2. The second kappa shape index (κ2) is 5.67. The summed E-state index contributed by atoms with van der Waals surface area (Å²) in [5.74, 6) is 0. The quantitative estimate of drug-likeness (QED) is 0.646. The SMILES string of the molecule is Cc1ccc(N)c(S(=O)C2CCCCCC2)c1. The molecule has 17 heavy (non-hydrogen) atoms. The molecule has 0 radical (unpaired) electrons. The van der Waals surface area contributed by atoms with Gasteiger partial charge in [-0.25, -0.2) is 0 Å². The summed E-state index contributed by atoms with van der Waals surface area (Å²) >= 11 is 0. The highest BCUT2D eigenvalue weighted by molar-refractivity contribution is 7.85. The van der Waals surface area contributed by atoms with E-state index in [1.807, 2.05) is 25.1 Å². The number of aryl methyl sites for hydroxylation is 1. The van der Waals surface area contributed by atoms with Crippen LogP contribution in [0.2, 0.25) is 0 Å². The molecule has 0 amide bonds. The van der Waals surface area contributed by atoms with Gasteiger partial charge < -0.3 is 5.73 Å². The van der Waals surface area contributed by atoms with Gasteiger partial charge in [0.15, 0.2) is 0 Å². The normalized spacial score (nSPS) is 19.8. The van der Waals surface area contributed by atoms with Crippen LogP contribution in [0.4, 0.5) is 5.69 Å². The number of anilines is 1. The van der Waals surface area contributed by atoms with Crippen LogP contribution in [-0.2, 0) is 10.8 Å². The van der Waals surface area contributed by atoms with Gasteiger partial charge in [-0.3, -0.25) is 4.21 Å². The summed E-state index contributed by atoms with van der Waals surface area (Å²) < 4.78 is 12.6. The molecule has 2 N–H and O–H groups in total. The third kappa shape index (κ3) is 3.09. The van der Waals surface area contributed by atoms with Crippen molar-refractivity contribution in [2.45, 2.75) is 55.6 Å². The number of nitrogen functional groups attached to an aromatic ring is 1. The summed E-state index contributed by atoms with van der Waals surface area (Å²) in [6, 6.07) is 5.83. The summed E-state index contributed by atoms with van der Waals surface area (Å²) in [5, 5.41) is 0.307. The van der Waals surface area contributed by atoms with Gasteiger partial charge in [0.2, 0.25) is 0 Å². The van der Waals surface area contributed by atoms with E-state index in [1.54, 1.807) is 0 Å². The Morgan fingerprint density at radius 2 is 1.82 bits per heavy atom. The number of rotatable bonds is 2. The summed E-state index contributed by atoms with van der Waals surface area (Å²) in [7, 11) is -0.928. The van der Waals surface area contributed by atoms with E-state index in [4.69, 9.17) is 5.73 Å². The van der Waals surface area contributed by atoms with Crippen LogP contribution < -0.4 is 5.73 Å². The molecule has 0 heterocycles. The van der Waals surface area contributed by atoms with E-state index in [2.05, 4.69) is 0 Å². The van der Waals surface area contributed by atoms with Gasteiger partial charge in [-0.2, -0.15) is 0 Å². The molecular formula is C14H21NOS. The largest absolute Gasteiger partial charge is 0.398 e. The number of hydrogen-bond acceptors (Lipinski definition) is 2. The highest BCUT2D eigenvalue weighted by Gasteiger charge is 2.21. The van der Waals surface area contributed by atoms with Gasteiger partial charge in [0, 0.05) is 10.9 Å². The fraction of sp³-hybridized carbons (Fsp3) is 0.571. The minimum Gasteiger partial charge on any atom is -0.398 e. The molecule has 1 fully saturated rings. The predicted octanol–water partition coefficient (Wildman–Crippen LogP) is 3.41. The number of benzene rings is 1. The molecule has 0 saturated heterocycles. The smallest absolute Gasteiger partial charge is 0.0622 e. The molecule has 1 unspecified atom stereocenters. The van der Waals surface area contributed by atoms with Crippen molar-refractivity contribution in [1.29, 1.82) is 0 Å². The minimum absolute atomic E-state index is 0.307. The summed E-state index contributed by atoms with van der Waals surface area (Å²) in [5.41, 5.74) is 7.76. The second-order valence-corrected chi connectivity index (χ2v) is 6.65. The highest BCUT2D eigenvalue weighted by Crippen LogP contribution is 2.28. The Hall–Kier alpha value is -0.830. The molecule has 94 valence electrons. The Kier molecular flexibility index (Phi) is 4.21. The highest BCUT2D eigenvalue weighted by atomic mass is 32.2. The monoisotopic (exact) mass is 251 g/mol. The first-order chi connectivity index (χ1) is 8.18. The topological polar surface area (TPSA) is 43.1 Å².